The largest absolute Gasteiger partial charge is 0.377 e. The molecule has 0 N–H and O–H groups in total. The van der Waals surface area contributed by atoms with Crippen molar-refractivity contribution in [1.29, 1.82) is 0 Å². The third-order valence-corrected chi connectivity index (χ3v) is 4.72. The Kier molecular flexibility index (Phi) is 4.55. The predicted molar refractivity (Wildman–Crippen MR) is 82.9 cm³/mol. The first-order valence-electron chi connectivity index (χ1n) is 7.37. The van der Waals surface area contributed by atoms with Crippen LogP contribution in [-0.4, -0.2) is 38.7 Å². The lowest BCUT2D eigenvalue weighted by molar-refractivity contribution is 0.129. The average Bonchev–Trinajstić information content (AvgIpc) is 3.16. The number of benzene rings is 1. The van der Waals surface area contributed by atoms with Crippen molar-refractivity contribution in [1.82, 2.24) is 20.2 Å². The zero-order chi connectivity index (χ0) is 14.7. The fraction of sp³-hybridized carbons (Fsp3) is 0.533. The number of tetrazole rings is 1. The minimum absolute atomic E-state index is 0.337. The van der Waals surface area contributed by atoms with Gasteiger partial charge in [-0.25, -0.2) is 0 Å². The third-order valence-electron chi connectivity index (χ3n) is 3.67. The molecule has 5 nitrogen and oxygen atoms in total. The molecule has 0 bridgehead atoms. The summed E-state index contributed by atoms with van der Waals surface area (Å²) in [6.45, 7) is 5.26. The molecule has 1 fully saturated rings. The van der Waals surface area contributed by atoms with Crippen molar-refractivity contribution in [2.45, 2.75) is 43.9 Å². The third kappa shape index (κ3) is 3.44. The summed E-state index contributed by atoms with van der Waals surface area (Å²) in [6, 6.07) is 8.41. The molecule has 1 aromatic carbocycles. The number of ether oxygens (including phenoxy) is 1. The quantitative estimate of drug-likeness (QED) is 0.795. The molecule has 1 saturated heterocycles. The van der Waals surface area contributed by atoms with Gasteiger partial charge in [0.2, 0.25) is 5.16 Å². The minimum atomic E-state index is 0.337. The maximum atomic E-state index is 5.64. The summed E-state index contributed by atoms with van der Waals surface area (Å²) in [5, 5.41) is 12.8. The molecule has 1 aliphatic heterocycles. The molecule has 0 radical (unpaired) electrons. The molecule has 0 spiro atoms. The Morgan fingerprint density at radius 1 is 1.33 bits per heavy atom. The van der Waals surface area contributed by atoms with Gasteiger partial charge >= 0.3 is 0 Å². The van der Waals surface area contributed by atoms with Gasteiger partial charge in [-0.2, -0.15) is 4.68 Å². The monoisotopic (exact) mass is 304 g/mol. The number of hydrogen-bond donors (Lipinski definition) is 0. The Morgan fingerprint density at radius 3 is 2.81 bits per heavy atom. The van der Waals surface area contributed by atoms with E-state index in [0.717, 1.165) is 36.0 Å². The maximum Gasteiger partial charge on any atom is 0.214 e. The zero-order valence-electron chi connectivity index (χ0n) is 12.4. The molecule has 0 aliphatic carbocycles. The highest BCUT2D eigenvalue weighted by atomic mass is 32.2. The van der Waals surface area contributed by atoms with Crippen LogP contribution in [0.5, 0.6) is 0 Å². The molecule has 2 aromatic rings. The standard InChI is InChI=1S/C15H20N4OS/c1-11(2)12-5-7-13(8-6-12)19-15(16-17-18-19)21-10-14-4-3-9-20-14/h5-8,11,14H,3-4,9-10H2,1-2H3. The molecule has 1 unspecified atom stereocenters. The number of aromatic nitrogens is 4. The Morgan fingerprint density at radius 2 is 2.14 bits per heavy atom. The van der Waals surface area contributed by atoms with Gasteiger partial charge in [0.25, 0.3) is 0 Å². The van der Waals surface area contributed by atoms with E-state index in [1.807, 2.05) is 0 Å². The highest BCUT2D eigenvalue weighted by Crippen LogP contribution is 2.24. The molecule has 21 heavy (non-hydrogen) atoms. The second kappa shape index (κ2) is 6.58. The van der Waals surface area contributed by atoms with Gasteiger partial charge in [0.15, 0.2) is 0 Å². The van der Waals surface area contributed by atoms with Gasteiger partial charge in [0, 0.05) is 12.4 Å². The highest BCUT2D eigenvalue weighted by molar-refractivity contribution is 7.99. The summed E-state index contributed by atoms with van der Waals surface area (Å²) in [7, 11) is 0. The van der Waals surface area contributed by atoms with Crippen molar-refractivity contribution in [3.8, 4) is 5.69 Å². The van der Waals surface area contributed by atoms with Gasteiger partial charge in [-0.15, -0.1) is 5.10 Å². The van der Waals surface area contributed by atoms with Gasteiger partial charge in [-0.1, -0.05) is 37.7 Å². The SMILES string of the molecule is CC(C)c1ccc(-n2nnnc2SCC2CCCO2)cc1. The summed E-state index contributed by atoms with van der Waals surface area (Å²) in [5.74, 6) is 1.44. The van der Waals surface area contributed by atoms with Crippen LogP contribution >= 0.6 is 11.8 Å². The van der Waals surface area contributed by atoms with Crippen molar-refractivity contribution in [3.63, 3.8) is 0 Å². The molecule has 0 saturated carbocycles. The first-order valence-corrected chi connectivity index (χ1v) is 8.35. The van der Waals surface area contributed by atoms with Crippen LogP contribution in [0.2, 0.25) is 0 Å². The Balaban J connectivity index is 1.71. The summed E-state index contributed by atoms with van der Waals surface area (Å²) >= 11 is 1.66. The van der Waals surface area contributed by atoms with Crippen molar-refractivity contribution < 1.29 is 4.74 Å². The van der Waals surface area contributed by atoms with Gasteiger partial charge in [-0.3, -0.25) is 0 Å². The van der Waals surface area contributed by atoms with Crippen LogP contribution in [0.15, 0.2) is 29.4 Å². The van der Waals surface area contributed by atoms with E-state index >= 15 is 0 Å². The van der Waals surface area contributed by atoms with E-state index in [1.165, 1.54) is 5.56 Å². The summed E-state index contributed by atoms with van der Waals surface area (Å²) < 4.78 is 7.44. The molecule has 6 heteroatoms. The van der Waals surface area contributed by atoms with Gasteiger partial charge in [0.05, 0.1) is 11.8 Å². The molecule has 1 atom stereocenters. The van der Waals surface area contributed by atoms with E-state index < -0.39 is 0 Å². The van der Waals surface area contributed by atoms with Crippen LogP contribution in [0.25, 0.3) is 5.69 Å². The van der Waals surface area contributed by atoms with Crippen molar-refractivity contribution >= 4 is 11.8 Å². The van der Waals surface area contributed by atoms with Crippen LogP contribution in [-0.2, 0) is 4.74 Å². The first kappa shape index (κ1) is 14.5. The fourth-order valence-electron chi connectivity index (χ4n) is 2.37. The Hall–Kier alpha value is -1.40. The lowest BCUT2D eigenvalue weighted by Crippen LogP contribution is -2.09. The number of rotatable bonds is 5. The van der Waals surface area contributed by atoms with E-state index in [2.05, 4.69) is 53.6 Å². The van der Waals surface area contributed by atoms with E-state index in [1.54, 1.807) is 16.4 Å². The van der Waals surface area contributed by atoms with Crippen LogP contribution in [0.4, 0.5) is 0 Å². The summed E-state index contributed by atoms with van der Waals surface area (Å²) in [5.41, 5.74) is 2.32. The van der Waals surface area contributed by atoms with Crippen molar-refractivity contribution in [3.05, 3.63) is 29.8 Å². The van der Waals surface area contributed by atoms with Gasteiger partial charge in [-0.05, 0) is 46.9 Å². The van der Waals surface area contributed by atoms with E-state index in [0.29, 0.717) is 12.0 Å². The second-order valence-electron chi connectivity index (χ2n) is 5.57. The normalized spacial score (nSPS) is 18.5. The first-order chi connectivity index (χ1) is 10.2. The van der Waals surface area contributed by atoms with E-state index in [9.17, 15) is 0 Å². The van der Waals surface area contributed by atoms with Crippen LogP contribution < -0.4 is 0 Å². The predicted octanol–water partition coefficient (Wildman–Crippen LogP) is 3.06. The topological polar surface area (TPSA) is 52.8 Å². The van der Waals surface area contributed by atoms with Crippen molar-refractivity contribution in [2.75, 3.05) is 12.4 Å². The van der Waals surface area contributed by atoms with Crippen LogP contribution in [0, 0.1) is 0 Å². The lowest BCUT2D eigenvalue weighted by Gasteiger charge is -2.09. The molecule has 0 amide bonds. The molecular formula is C15H20N4OS. The van der Waals surface area contributed by atoms with Crippen molar-refractivity contribution in [2.24, 2.45) is 0 Å². The minimum Gasteiger partial charge on any atom is -0.377 e. The highest BCUT2D eigenvalue weighted by Gasteiger charge is 2.18. The van der Waals surface area contributed by atoms with Gasteiger partial charge < -0.3 is 4.74 Å². The fourth-order valence-corrected chi connectivity index (χ4v) is 3.33. The molecule has 2 heterocycles. The second-order valence-corrected chi connectivity index (χ2v) is 6.55. The number of hydrogen-bond acceptors (Lipinski definition) is 5. The number of thioether (sulfide) groups is 1. The van der Waals surface area contributed by atoms with E-state index in [-0.39, 0.29) is 0 Å². The summed E-state index contributed by atoms with van der Waals surface area (Å²) in [6.07, 6.45) is 2.63. The molecule has 112 valence electrons. The Bertz CT molecular complexity index is 576. The average molecular weight is 304 g/mol. The van der Waals surface area contributed by atoms with E-state index in [4.69, 9.17) is 4.74 Å². The maximum absolute atomic E-state index is 5.64. The smallest absolute Gasteiger partial charge is 0.214 e. The van der Waals surface area contributed by atoms with Crippen LogP contribution in [0.1, 0.15) is 38.2 Å². The number of nitrogens with zero attached hydrogens (tertiary/aromatic N) is 4. The van der Waals surface area contributed by atoms with Crippen LogP contribution in [0.3, 0.4) is 0 Å². The van der Waals surface area contributed by atoms with Gasteiger partial charge in [0.1, 0.15) is 0 Å². The molecule has 1 aromatic heterocycles. The molecule has 3 rings (SSSR count). The molecular weight excluding hydrogens is 284 g/mol. The molecule has 1 aliphatic rings. The lowest BCUT2D eigenvalue weighted by atomic mass is 10.0. The zero-order valence-corrected chi connectivity index (χ0v) is 13.2. The summed E-state index contributed by atoms with van der Waals surface area (Å²) in [4.78, 5) is 0. The Labute approximate surface area is 129 Å².